The van der Waals surface area contributed by atoms with E-state index < -0.39 is 20.6 Å². The van der Waals surface area contributed by atoms with Gasteiger partial charge in [0.1, 0.15) is 11.9 Å². The molecule has 0 N–H and O–H groups in total. The average Bonchev–Trinajstić information content (AvgIpc) is 2.49. The Morgan fingerprint density at radius 1 is 1.09 bits per heavy atom. The van der Waals surface area contributed by atoms with Crippen molar-refractivity contribution in [2.45, 2.75) is 18.7 Å². The zero-order valence-electron chi connectivity index (χ0n) is 12.5. The summed E-state index contributed by atoms with van der Waals surface area (Å²) in [4.78, 5) is 1.01. The monoisotopic (exact) mass is 328 g/mol. The summed E-state index contributed by atoms with van der Waals surface area (Å²) in [6.07, 6.45) is 1.28. The number of fused-ring (bicyclic) bond motifs is 1. The molecular weight excluding hydrogens is 315 g/mol. The second kappa shape index (κ2) is 5.21. The van der Waals surface area contributed by atoms with Crippen molar-refractivity contribution >= 4 is 21.2 Å². The molecule has 0 bridgehead atoms. The van der Waals surface area contributed by atoms with Crippen molar-refractivity contribution in [2.24, 2.45) is 0 Å². The Morgan fingerprint density at radius 2 is 1.78 bits per heavy atom. The van der Waals surface area contributed by atoms with Crippen molar-refractivity contribution in [1.29, 1.82) is 5.26 Å². The summed E-state index contributed by atoms with van der Waals surface area (Å²) >= 11 is 0. The zero-order chi connectivity index (χ0) is 16.8. The second-order valence-corrected chi connectivity index (χ2v) is 7.27. The number of sulfone groups is 1. The Kier molecular flexibility index (Phi) is 3.46. The van der Waals surface area contributed by atoms with E-state index in [9.17, 15) is 18.1 Å². The fourth-order valence-electron chi connectivity index (χ4n) is 2.64. The maximum absolute atomic E-state index is 13.5. The van der Waals surface area contributed by atoms with Crippen molar-refractivity contribution in [3.05, 3.63) is 64.4 Å². The first-order valence-electron chi connectivity index (χ1n) is 6.87. The number of benzene rings is 2. The molecule has 1 aliphatic heterocycles. The SMILES string of the molecule is Cc1ccc(N2C=C(C#N)S(=O)(=O)c3cc(F)ccc32)c(C)c1. The Bertz CT molecular complexity index is 988. The van der Waals surface area contributed by atoms with Crippen LogP contribution in [0.5, 0.6) is 0 Å². The van der Waals surface area contributed by atoms with Gasteiger partial charge in [-0.25, -0.2) is 12.8 Å². The normalized spacial score (nSPS) is 15.6. The summed E-state index contributed by atoms with van der Waals surface area (Å²) in [6.45, 7) is 3.85. The fourth-order valence-corrected chi connectivity index (χ4v) is 3.95. The van der Waals surface area contributed by atoms with E-state index in [2.05, 4.69) is 0 Å². The Balaban J connectivity index is 2.32. The number of hydrogen-bond acceptors (Lipinski definition) is 4. The highest BCUT2D eigenvalue weighted by Gasteiger charge is 2.32. The minimum Gasteiger partial charge on any atom is -0.314 e. The summed E-state index contributed by atoms with van der Waals surface area (Å²) < 4.78 is 38.4. The van der Waals surface area contributed by atoms with Crippen LogP contribution in [0.2, 0.25) is 0 Å². The maximum atomic E-state index is 13.5. The molecule has 0 atom stereocenters. The number of aryl methyl sites for hydroxylation is 2. The molecule has 6 heteroatoms. The molecule has 0 aromatic heterocycles. The third-order valence-corrected chi connectivity index (χ3v) is 5.41. The molecule has 4 nitrogen and oxygen atoms in total. The number of allylic oxidation sites excluding steroid dienone is 1. The number of anilines is 2. The Morgan fingerprint density at radius 3 is 2.43 bits per heavy atom. The lowest BCUT2D eigenvalue weighted by Crippen LogP contribution is -2.22. The molecule has 0 spiro atoms. The molecule has 0 aliphatic carbocycles. The van der Waals surface area contributed by atoms with Crippen molar-refractivity contribution in [2.75, 3.05) is 4.90 Å². The third-order valence-electron chi connectivity index (χ3n) is 3.73. The van der Waals surface area contributed by atoms with E-state index in [4.69, 9.17) is 0 Å². The van der Waals surface area contributed by atoms with Crippen LogP contribution in [0.25, 0.3) is 0 Å². The number of nitriles is 1. The van der Waals surface area contributed by atoms with Crippen LogP contribution in [-0.4, -0.2) is 8.42 Å². The summed E-state index contributed by atoms with van der Waals surface area (Å²) in [5.74, 6) is -0.660. The molecule has 2 aromatic rings. The van der Waals surface area contributed by atoms with E-state index in [1.165, 1.54) is 18.3 Å². The van der Waals surface area contributed by atoms with E-state index >= 15 is 0 Å². The molecule has 0 amide bonds. The van der Waals surface area contributed by atoms with Gasteiger partial charge in [-0.05, 0) is 43.7 Å². The predicted molar refractivity (Wildman–Crippen MR) is 85.3 cm³/mol. The molecule has 0 unspecified atom stereocenters. The largest absolute Gasteiger partial charge is 0.314 e. The first kappa shape index (κ1) is 15.3. The quantitative estimate of drug-likeness (QED) is 0.800. The molecule has 0 saturated heterocycles. The van der Waals surface area contributed by atoms with Crippen molar-refractivity contribution in [1.82, 2.24) is 0 Å². The van der Waals surface area contributed by atoms with Crippen LogP contribution in [0.3, 0.4) is 0 Å². The highest BCUT2D eigenvalue weighted by atomic mass is 32.2. The van der Waals surface area contributed by atoms with E-state index in [0.29, 0.717) is 5.69 Å². The predicted octanol–water partition coefficient (Wildman–Crippen LogP) is 3.73. The standard InChI is InChI=1S/C17H13FN2O2S/c1-11-3-5-15(12(2)7-11)20-10-14(9-19)23(21,22)17-8-13(18)4-6-16(17)20/h3-8,10H,1-2H3. The number of hydrogen-bond donors (Lipinski definition) is 0. The molecule has 3 rings (SSSR count). The lowest BCUT2D eigenvalue weighted by atomic mass is 10.1. The zero-order valence-corrected chi connectivity index (χ0v) is 13.4. The van der Waals surface area contributed by atoms with Gasteiger partial charge in [-0.15, -0.1) is 0 Å². The van der Waals surface area contributed by atoms with Crippen LogP contribution in [0.1, 0.15) is 11.1 Å². The molecule has 0 radical (unpaired) electrons. The van der Waals surface area contributed by atoms with Crippen LogP contribution in [0.15, 0.2) is 52.4 Å². The summed E-state index contributed by atoms with van der Waals surface area (Å²) in [7, 11) is -4.00. The van der Waals surface area contributed by atoms with E-state index in [0.717, 1.165) is 22.9 Å². The van der Waals surface area contributed by atoms with Crippen LogP contribution >= 0.6 is 0 Å². The number of halogens is 1. The fraction of sp³-hybridized carbons (Fsp3) is 0.118. The third kappa shape index (κ3) is 2.39. The topological polar surface area (TPSA) is 61.2 Å². The van der Waals surface area contributed by atoms with Gasteiger partial charge in [0.15, 0.2) is 4.91 Å². The van der Waals surface area contributed by atoms with E-state index in [1.807, 2.05) is 32.0 Å². The lowest BCUT2D eigenvalue weighted by Gasteiger charge is -2.28. The van der Waals surface area contributed by atoms with Crippen LogP contribution in [0, 0.1) is 31.0 Å². The summed E-state index contributed by atoms with van der Waals surface area (Å²) in [5, 5.41) is 9.18. The van der Waals surface area contributed by atoms with Gasteiger partial charge < -0.3 is 4.90 Å². The molecule has 23 heavy (non-hydrogen) atoms. The smallest absolute Gasteiger partial charge is 0.220 e. The van der Waals surface area contributed by atoms with Gasteiger partial charge in [0.05, 0.1) is 10.6 Å². The maximum Gasteiger partial charge on any atom is 0.220 e. The number of nitrogens with zero attached hydrogens (tertiary/aromatic N) is 2. The van der Waals surface area contributed by atoms with Gasteiger partial charge in [0.2, 0.25) is 9.84 Å². The minimum atomic E-state index is -4.00. The van der Waals surface area contributed by atoms with Crippen molar-refractivity contribution in [3.63, 3.8) is 0 Å². The van der Waals surface area contributed by atoms with Gasteiger partial charge in [-0.2, -0.15) is 5.26 Å². The average molecular weight is 328 g/mol. The summed E-state index contributed by atoms with van der Waals surface area (Å²) in [6, 6.07) is 11.0. The molecule has 1 heterocycles. The van der Waals surface area contributed by atoms with Gasteiger partial charge in [-0.1, -0.05) is 17.7 Å². The highest BCUT2D eigenvalue weighted by Crippen LogP contribution is 2.40. The highest BCUT2D eigenvalue weighted by molar-refractivity contribution is 7.95. The van der Waals surface area contributed by atoms with Gasteiger partial charge in [-0.3, -0.25) is 0 Å². The Labute approximate surface area is 134 Å². The first-order chi connectivity index (χ1) is 10.8. The van der Waals surface area contributed by atoms with E-state index in [1.54, 1.807) is 11.0 Å². The molecule has 0 fully saturated rings. The van der Waals surface area contributed by atoms with Gasteiger partial charge >= 0.3 is 0 Å². The molecule has 1 aliphatic rings. The Hall–Kier alpha value is -2.65. The molecule has 116 valence electrons. The first-order valence-corrected chi connectivity index (χ1v) is 8.36. The van der Waals surface area contributed by atoms with Crippen molar-refractivity contribution < 1.29 is 12.8 Å². The van der Waals surface area contributed by atoms with Crippen LogP contribution in [-0.2, 0) is 9.84 Å². The summed E-state index contributed by atoms with van der Waals surface area (Å²) in [5.41, 5.74) is 3.07. The van der Waals surface area contributed by atoms with Crippen molar-refractivity contribution in [3.8, 4) is 6.07 Å². The van der Waals surface area contributed by atoms with Crippen LogP contribution in [0.4, 0.5) is 15.8 Å². The minimum absolute atomic E-state index is 0.198. The van der Waals surface area contributed by atoms with Gasteiger partial charge in [0.25, 0.3) is 0 Å². The van der Waals surface area contributed by atoms with E-state index in [-0.39, 0.29) is 4.90 Å². The second-order valence-electron chi connectivity index (χ2n) is 5.38. The lowest BCUT2D eigenvalue weighted by molar-refractivity contribution is 0.596. The molecular formula is C17H13FN2O2S. The number of rotatable bonds is 1. The van der Waals surface area contributed by atoms with Gasteiger partial charge in [0, 0.05) is 11.9 Å². The molecule has 0 saturated carbocycles. The van der Waals surface area contributed by atoms with Crippen LogP contribution < -0.4 is 4.90 Å². The molecule has 2 aromatic carbocycles.